The van der Waals surface area contributed by atoms with Gasteiger partial charge in [0.25, 0.3) is 0 Å². The Hall–Kier alpha value is -1.10. The van der Waals surface area contributed by atoms with Gasteiger partial charge in [-0.05, 0) is 26.2 Å². The van der Waals surface area contributed by atoms with Crippen molar-refractivity contribution in [3.63, 3.8) is 0 Å². The van der Waals surface area contributed by atoms with Crippen LogP contribution in [0, 0.1) is 5.92 Å². The highest BCUT2D eigenvalue weighted by molar-refractivity contribution is 5.84. The van der Waals surface area contributed by atoms with Crippen LogP contribution in [0.3, 0.4) is 0 Å². The Kier molecular flexibility index (Phi) is 9.21. The molecule has 2 unspecified atom stereocenters. The van der Waals surface area contributed by atoms with Gasteiger partial charge in [-0.3, -0.25) is 14.9 Å². The molecule has 0 bridgehead atoms. The van der Waals surface area contributed by atoms with E-state index in [1.165, 1.54) is 0 Å². The van der Waals surface area contributed by atoms with E-state index >= 15 is 0 Å². The van der Waals surface area contributed by atoms with Crippen LogP contribution >= 0.6 is 0 Å². The third kappa shape index (κ3) is 8.59. The highest BCUT2D eigenvalue weighted by Gasteiger charge is 2.19. The Labute approximate surface area is 116 Å². The van der Waals surface area contributed by atoms with Crippen LogP contribution in [0.2, 0.25) is 0 Å². The van der Waals surface area contributed by atoms with Crippen LogP contribution in [-0.2, 0) is 9.59 Å². The number of unbranched alkanes of at least 4 members (excludes halogenated alkanes) is 1. The number of amides is 2. The van der Waals surface area contributed by atoms with Gasteiger partial charge in [-0.2, -0.15) is 0 Å². The average Bonchev–Trinajstić information content (AvgIpc) is 2.35. The minimum Gasteiger partial charge on any atom is -0.355 e. The van der Waals surface area contributed by atoms with Gasteiger partial charge in [0.15, 0.2) is 0 Å². The van der Waals surface area contributed by atoms with Gasteiger partial charge in [0.1, 0.15) is 0 Å². The molecule has 3 N–H and O–H groups in total. The molecule has 0 heterocycles. The third-order valence-corrected chi connectivity index (χ3v) is 2.80. The first-order valence-electron chi connectivity index (χ1n) is 7.19. The number of hydrogen-bond acceptors (Lipinski definition) is 3. The van der Waals surface area contributed by atoms with Crippen molar-refractivity contribution in [2.75, 3.05) is 13.1 Å². The fraction of sp³-hybridized carbons (Fsp3) is 0.857. The summed E-state index contributed by atoms with van der Waals surface area (Å²) in [5.41, 5.74) is 0. The summed E-state index contributed by atoms with van der Waals surface area (Å²) in [5.74, 6) is 0.296. The van der Waals surface area contributed by atoms with Crippen molar-refractivity contribution < 1.29 is 9.59 Å². The first kappa shape index (κ1) is 17.9. The summed E-state index contributed by atoms with van der Waals surface area (Å²) in [6.07, 6.45) is 2.03. The van der Waals surface area contributed by atoms with Crippen LogP contribution < -0.4 is 16.0 Å². The second kappa shape index (κ2) is 9.78. The molecule has 2 atom stereocenters. The van der Waals surface area contributed by atoms with E-state index in [4.69, 9.17) is 0 Å². The monoisotopic (exact) mass is 271 g/mol. The Morgan fingerprint density at radius 2 is 1.47 bits per heavy atom. The van der Waals surface area contributed by atoms with Gasteiger partial charge in [0.05, 0.1) is 12.1 Å². The predicted octanol–water partition coefficient (Wildman–Crippen LogP) is 1.04. The summed E-state index contributed by atoms with van der Waals surface area (Å²) in [6.45, 7) is 11.1. The van der Waals surface area contributed by atoms with Crippen molar-refractivity contribution in [1.82, 2.24) is 16.0 Å². The minimum atomic E-state index is -0.370. The summed E-state index contributed by atoms with van der Waals surface area (Å²) < 4.78 is 0. The number of nitrogens with one attached hydrogen (secondary N) is 3. The largest absolute Gasteiger partial charge is 0.355 e. The zero-order valence-corrected chi connectivity index (χ0v) is 12.9. The van der Waals surface area contributed by atoms with E-state index in [1.54, 1.807) is 13.8 Å². The number of rotatable bonds is 9. The van der Waals surface area contributed by atoms with Gasteiger partial charge in [0, 0.05) is 13.1 Å². The van der Waals surface area contributed by atoms with Crippen LogP contribution in [-0.4, -0.2) is 37.0 Å². The topological polar surface area (TPSA) is 70.2 Å². The normalized spacial score (nSPS) is 14.0. The van der Waals surface area contributed by atoms with Crippen LogP contribution in [0.25, 0.3) is 0 Å². The van der Waals surface area contributed by atoms with Crippen molar-refractivity contribution in [2.24, 2.45) is 5.92 Å². The molecule has 0 rings (SSSR count). The fourth-order valence-electron chi connectivity index (χ4n) is 1.53. The summed E-state index contributed by atoms with van der Waals surface area (Å²) in [6, 6.07) is -0.734. The van der Waals surface area contributed by atoms with E-state index in [9.17, 15) is 9.59 Å². The molecule has 0 saturated carbocycles. The second-order valence-corrected chi connectivity index (χ2v) is 5.39. The van der Waals surface area contributed by atoms with Gasteiger partial charge >= 0.3 is 0 Å². The molecule has 0 saturated heterocycles. The van der Waals surface area contributed by atoms with Crippen molar-refractivity contribution in [3.8, 4) is 0 Å². The maximum Gasteiger partial charge on any atom is 0.236 e. The van der Waals surface area contributed by atoms with Gasteiger partial charge in [0.2, 0.25) is 11.8 Å². The molecule has 5 nitrogen and oxygen atoms in total. The molecule has 0 aliphatic rings. The van der Waals surface area contributed by atoms with Gasteiger partial charge < -0.3 is 10.6 Å². The molecule has 19 heavy (non-hydrogen) atoms. The molecule has 2 amide bonds. The summed E-state index contributed by atoms with van der Waals surface area (Å²) in [5, 5.41) is 8.70. The SMILES string of the molecule is CCCCNC(=O)C(C)NC(C)C(=O)NCC(C)C. The lowest BCUT2D eigenvalue weighted by Crippen LogP contribution is -2.51. The minimum absolute atomic E-state index is 0.0584. The van der Waals surface area contributed by atoms with Crippen molar-refractivity contribution >= 4 is 11.8 Å². The van der Waals surface area contributed by atoms with Crippen molar-refractivity contribution in [2.45, 2.75) is 59.5 Å². The maximum absolute atomic E-state index is 11.8. The molecule has 0 aromatic carbocycles. The number of carbonyl (C=O) groups is 2. The molecule has 0 fully saturated rings. The zero-order valence-electron chi connectivity index (χ0n) is 12.9. The third-order valence-electron chi connectivity index (χ3n) is 2.80. The van der Waals surface area contributed by atoms with E-state index in [0.29, 0.717) is 19.0 Å². The van der Waals surface area contributed by atoms with Crippen molar-refractivity contribution in [3.05, 3.63) is 0 Å². The molecule has 0 radical (unpaired) electrons. The molecular weight excluding hydrogens is 242 g/mol. The second-order valence-electron chi connectivity index (χ2n) is 5.39. The standard InChI is InChI=1S/C14H29N3O2/c1-6-7-8-15-13(18)11(4)17-12(5)14(19)16-9-10(2)3/h10-12,17H,6-9H2,1-5H3,(H,15,18)(H,16,19). The number of carbonyl (C=O) groups excluding carboxylic acids is 2. The van der Waals surface area contributed by atoms with Gasteiger partial charge in [-0.25, -0.2) is 0 Å². The molecule has 0 aliphatic heterocycles. The van der Waals surface area contributed by atoms with E-state index in [1.807, 2.05) is 13.8 Å². The fourth-order valence-corrected chi connectivity index (χ4v) is 1.53. The highest BCUT2D eigenvalue weighted by atomic mass is 16.2. The smallest absolute Gasteiger partial charge is 0.236 e. The molecule has 112 valence electrons. The van der Waals surface area contributed by atoms with E-state index < -0.39 is 0 Å². The highest BCUT2D eigenvalue weighted by Crippen LogP contribution is 1.92. The predicted molar refractivity (Wildman–Crippen MR) is 77.8 cm³/mol. The van der Waals surface area contributed by atoms with Crippen molar-refractivity contribution in [1.29, 1.82) is 0 Å². The molecule has 0 spiro atoms. The van der Waals surface area contributed by atoms with Crippen LogP contribution in [0.5, 0.6) is 0 Å². The Bertz CT molecular complexity index is 280. The number of hydrogen-bond donors (Lipinski definition) is 3. The lowest BCUT2D eigenvalue weighted by Gasteiger charge is -2.19. The summed E-state index contributed by atoms with van der Waals surface area (Å²) >= 11 is 0. The lowest BCUT2D eigenvalue weighted by molar-refractivity contribution is -0.125. The summed E-state index contributed by atoms with van der Waals surface area (Å²) in [4.78, 5) is 23.5. The van der Waals surface area contributed by atoms with E-state index in [0.717, 1.165) is 12.8 Å². The van der Waals surface area contributed by atoms with Crippen LogP contribution in [0.15, 0.2) is 0 Å². The molecule has 0 aromatic heterocycles. The average molecular weight is 271 g/mol. The maximum atomic E-state index is 11.8. The molecule has 0 aromatic rings. The van der Waals surface area contributed by atoms with E-state index in [2.05, 4.69) is 22.9 Å². The Morgan fingerprint density at radius 1 is 0.947 bits per heavy atom. The van der Waals surface area contributed by atoms with E-state index in [-0.39, 0.29) is 23.9 Å². The first-order valence-corrected chi connectivity index (χ1v) is 7.19. The molecule has 5 heteroatoms. The quantitative estimate of drug-likeness (QED) is 0.549. The van der Waals surface area contributed by atoms with Crippen LogP contribution in [0.1, 0.15) is 47.5 Å². The van der Waals surface area contributed by atoms with Gasteiger partial charge in [-0.1, -0.05) is 27.2 Å². The Morgan fingerprint density at radius 3 is 1.95 bits per heavy atom. The zero-order chi connectivity index (χ0) is 14.8. The molecule has 0 aliphatic carbocycles. The first-order chi connectivity index (χ1) is 8.88. The summed E-state index contributed by atoms with van der Waals surface area (Å²) in [7, 11) is 0. The van der Waals surface area contributed by atoms with Crippen LogP contribution in [0.4, 0.5) is 0 Å². The Balaban J connectivity index is 3.99. The lowest BCUT2D eigenvalue weighted by atomic mass is 10.2. The van der Waals surface area contributed by atoms with Gasteiger partial charge in [-0.15, -0.1) is 0 Å². The molecular formula is C14H29N3O2.